The van der Waals surface area contributed by atoms with E-state index in [4.69, 9.17) is 4.74 Å². The molecular weight excluding hydrogens is 487 g/mol. The predicted octanol–water partition coefficient (Wildman–Crippen LogP) is 3.69. The van der Waals surface area contributed by atoms with Gasteiger partial charge in [0.25, 0.3) is 5.91 Å². The van der Waals surface area contributed by atoms with Gasteiger partial charge >= 0.3 is 0 Å². The van der Waals surface area contributed by atoms with E-state index < -0.39 is 5.82 Å². The Morgan fingerprint density at radius 2 is 1.89 bits per heavy atom. The normalized spacial score (nSPS) is 17.7. The van der Waals surface area contributed by atoms with Crippen LogP contribution < -0.4 is 25.2 Å². The first kappa shape index (κ1) is 24.4. The molecule has 1 aliphatic carbocycles. The van der Waals surface area contributed by atoms with Crippen molar-refractivity contribution in [3.05, 3.63) is 47.9 Å². The molecule has 0 unspecified atom stereocenters. The molecule has 3 aromatic rings. The van der Waals surface area contributed by atoms with Crippen molar-refractivity contribution < 1.29 is 13.9 Å². The van der Waals surface area contributed by atoms with Crippen molar-refractivity contribution in [3.63, 3.8) is 0 Å². The number of fused-ring (bicyclic) bond motifs is 1. The zero-order valence-electron chi connectivity index (χ0n) is 21.6. The number of piperazine rings is 1. The van der Waals surface area contributed by atoms with E-state index in [-0.39, 0.29) is 24.3 Å². The Balaban J connectivity index is 1.18. The van der Waals surface area contributed by atoms with E-state index >= 15 is 0 Å². The second-order valence-electron chi connectivity index (χ2n) is 10.2. The number of nitrogens with zero attached hydrogens (tertiary/aromatic N) is 6. The quantitative estimate of drug-likeness (QED) is 0.485. The molecule has 0 bridgehead atoms. The lowest BCUT2D eigenvalue weighted by molar-refractivity contribution is -0.121. The monoisotopic (exact) mass is 518 g/mol. The number of pyridine rings is 1. The standard InChI is InChI=1S/C27H31FN8O2/c1-17-13-19(5-6-21(17)35-11-9-34(2)10-12-35)30-27-29-14-20(28)25(33-27)31-23-8-7-22-26(32-23)36(15-18-3-4-18)24(37)16-38-22/h5-8,13-14,18H,3-4,9-12,15-16H2,1-2H3,(H2,29,30,31,32,33). The zero-order valence-corrected chi connectivity index (χ0v) is 21.6. The van der Waals surface area contributed by atoms with Crippen LogP contribution in [-0.2, 0) is 4.79 Å². The fraction of sp³-hybridized carbons (Fsp3) is 0.407. The van der Waals surface area contributed by atoms with Crippen molar-refractivity contribution in [2.24, 2.45) is 5.92 Å². The van der Waals surface area contributed by atoms with Gasteiger partial charge in [0.1, 0.15) is 5.82 Å². The van der Waals surface area contributed by atoms with Crippen molar-refractivity contribution >= 4 is 40.7 Å². The Labute approximate surface area is 220 Å². The number of aromatic nitrogens is 3. The Morgan fingerprint density at radius 1 is 1.08 bits per heavy atom. The molecule has 1 saturated carbocycles. The largest absolute Gasteiger partial charge is 0.480 e. The van der Waals surface area contributed by atoms with Crippen LogP contribution in [0.25, 0.3) is 0 Å². The number of rotatable bonds is 7. The van der Waals surface area contributed by atoms with Crippen LogP contribution in [0.2, 0.25) is 0 Å². The summed E-state index contributed by atoms with van der Waals surface area (Å²) < 4.78 is 20.2. The second kappa shape index (κ2) is 10.1. The third kappa shape index (κ3) is 5.19. The van der Waals surface area contributed by atoms with Gasteiger partial charge in [0.2, 0.25) is 5.95 Å². The SMILES string of the molecule is Cc1cc(Nc2ncc(F)c(Nc3ccc4c(n3)N(CC3CC3)C(=O)CO4)n2)ccc1N1CCN(C)CC1. The summed E-state index contributed by atoms with van der Waals surface area (Å²) in [5.41, 5.74) is 3.17. The number of carbonyl (C=O) groups is 1. The summed E-state index contributed by atoms with van der Waals surface area (Å²) in [7, 11) is 2.14. The van der Waals surface area contributed by atoms with Crippen LogP contribution in [0.4, 0.5) is 39.2 Å². The average Bonchev–Trinajstić information content (AvgIpc) is 3.73. The fourth-order valence-electron chi connectivity index (χ4n) is 4.79. The highest BCUT2D eigenvalue weighted by Crippen LogP contribution is 2.37. The van der Waals surface area contributed by atoms with E-state index in [1.165, 1.54) is 5.69 Å². The zero-order chi connectivity index (χ0) is 26.2. The molecule has 2 N–H and O–H groups in total. The number of hydrogen-bond donors (Lipinski definition) is 2. The molecule has 0 spiro atoms. The molecule has 2 aromatic heterocycles. The third-order valence-corrected chi connectivity index (χ3v) is 7.17. The summed E-state index contributed by atoms with van der Waals surface area (Å²) in [6, 6.07) is 9.54. The third-order valence-electron chi connectivity index (χ3n) is 7.17. The van der Waals surface area contributed by atoms with E-state index in [9.17, 15) is 9.18 Å². The van der Waals surface area contributed by atoms with E-state index in [1.807, 2.05) is 12.1 Å². The molecule has 1 aromatic carbocycles. The molecule has 6 rings (SSSR count). The molecule has 0 radical (unpaired) electrons. The van der Waals surface area contributed by atoms with E-state index in [0.717, 1.165) is 56.5 Å². The van der Waals surface area contributed by atoms with E-state index in [2.05, 4.69) is 55.4 Å². The molecule has 4 heterocycles. The summed E-state index contributed by atoms with van der Waals surface area (Å²) in [4.78, 5) is 31.9. The lowest BCUT2D eigenvalue weighted by atomic mass is 10.1. The summed E-state index contributed by atoms with van der Waals surface area (Å²) in [5.74, 6) is 1.35. The number of ether oxygens (including phenoxy) is 1. The molecule has 198 valence electrons. The lowest BCUT2D eigenvalue weighted by Crippen LogP contribution is -2.44. The van der Waals surface area contributed by atoms with Gasteiger partial charge in [-0.3, -0.25) is 9.69 Å². The van der Waals surface area contributed by atoms with Gasteiger partial charge < -0.3 is 25.2 Å². The second-order valence-corrected chi connectivity index (χ2v) is 10.2. The lowest BCUT2D eigenvalue weighted by Gasteiger charge is -2.35. The Morgan fingerprint density at radius 3 is 2.66 bits per heavy atom. The van der Waals surface area contributed by atoms with Gasteiger partial charge in [-0.15, -0.1) is 0 Å². The Hall–Kier alpha value is -3.99. The highest BCUT2D eigenvalue weighted by atomic mass is 19.1. The number of benzene rings is 1. The Kier molecular flexibility index (Phi) is 6.44. The number of likely N-dealkylation sites (N-methyl/N-ethyl adjacent to an activating group) is 1. The van der Waals surface area contributed by atoms with Gasteiger partial charge in [-0.1, -0.05) is 0 Å². The van der Waals surface area contributed by atoms with Crippen molar-refractivity contribution in [2.45, 2.75) is 19.8 Å². The minimum absolute atomic E-state index is 0.000425. The number of hydrogen-bond acceptors (Lipinski definition) is 9. The van der Waals surface area contributed by atoms with Gasteiger partial charge in [-0.25, -0.2) is 14.4 Å². The molecular formula is C27H31FN8O2. The van der Waals surface area contributed by atoms with Crippen LogP contribution in [0, 0.1) is 18.7 Å². The topological polar surface area (TPSA) is 98.8 Å². The molecule has 2 aliphatic heterocycles. The molecule has 1 amide bonds. The van der Waals surface area contributed by atoms with Crippen LogP contribution >= 0.6 is 0 Å². The number of amides is 1. The van der Waals surface area contributed by atoms with Crippen molar-refractivity contribution in [1.29, 1.82) is 0 Å². The maximum Gasteiger partial charge on any atom is 0.266 e. The highest BCUT2D eigenvalue weighted by Gasteiger charge is 2.33. The van der Waals surface area contributed by atoms with E-state index in [0.29, 0.717) is 29.8 Å². The highest BCUT2D eigenvalue weighted by molar-refractivity contribution is 5.97. The summed E-state index contributed by atoms with van der Waals surface area (Å²) >= 11 is 0. The maximum atomic E-state index is 14.7. The molecule has 3 aliphatic rings. The van der Waals surface area contributed by atoms with Gasteiger partial charge in [-0.05, 0) is 68.6 Å². The molecule has 38 heavy (non-hydrogen) atoms. The molecule has 11 heteroatoms. The van der Waals surface area contributed by atoms with E-state index in [1.54, 1.807) is 17.0 Å². The van der Waals surface area contributed by atoms with Crippen molar-refractivity contribution in [3.8, 4) is 5.75 Å². The summed E-state index contributed by atoms with van der Waals surface area (Å²) in [5, 5.41) is 6.12. The number of nitrogens with one attached hydrogen (secondary N) is 2. The van der Waals surface area contributed by atoms with Gasteiger partial charge in [0.15, 0.2) is 29.8 Å². The molecule has 10 nitrogen and oxygen atoms in total. The van der Waals surface area contributed by atoms with Crippen LogP contribution in [0.3, 0.4) is 0 Å². The van der Waals surface area contributed by atoms with Gasteiger partial charge in [-0.2, -0.15) is 4.98 Å². The number of aryl methyl sites for hydroxylation is 1. The van der Waals surface area contributed by atoms with Crippen LogP contribution in [0.15, 0.2) is 36.5 Å². The number of carbonyl (C=O) groups excluding carboxylic acids is 1. The maximum absolute atomic E-state index is 14.7. The van der Waals surface area contributed by atoms with Crippen molar-refractivity contribution in [1.82, 2.24) is 19.9 Å². The Bertz CT molecular complexity index is 1360. The minimum Gasteiger partial charge on any atom is -0.480 e. The van der Waals surface area contributed by atoms with Gasteiger partial charge in [0.05, 0.1) is 6.20 Å². The fourth-order valence-corrected chi connectivity index (χ4v) is 4.79. The molecule has 2 fully saturated rings. The van der Waals surface area contributed by atoms with Crippen LogP contribution in [0.5, 0.6) is 5.75 Å². The summed E-state index contributed by atoms with van der Waals surface area (Å²) in [6.07, 6.45) is 3.34. The minimum atomic E-state index is -0.612. The predicted molar refractivity (Wildman–Crippen MR) is 144 cm³/mol. The summed E-state index contributed by atoms with van der Waals surface area (Å²) in [6.45, 7) is 6.78. The first-order chi connectivity index (χ1) is 18.4. The van der Waals surface area contributed by atoms with Crippen LogP contribution in [0.1, 0.15) is 18.4 Å². The first-order valence-electron chi connectivity index (χ1n) is 13.0. The smallest absolute Gasteiger partial charge is 0.266 e. The molecule has 1 saturated heterocycles. The van der Waals surface area contributed by atoms with Crippen molar-refractivity contribution in [2.75, 3.05) is 66.8 Å². The average molecular weight is 519 g/mol. The first-order valence-corrected chi connectivity index (χ1v) is 13.0. The molecule has 0 atom stereocenters. The van der Waals surface area contributed by atoms with Crippen LogP contribution in [-0.4, -0.2) is 72.1 Å². The number of halogens is 1. The van der Waals surface area contributed by atoms with Gasteiger partial charge in [0, 0.05) is 44.1 Å². The number of anilines is 6.